The number of carboxylic acids is 2. The van der Waals surface area contributed by atoms with Crippen LogP contribution in [0.3, 0.4) is 0 Å². The molecule has 6 nitrogen and oxygen atoms in total. The molecule has 0 aliphatic rings. The lowest BCUT2D eigenvalue weighted by Gasteiger charge is -2.10. The van der Waals surface area contributed by atoms with Gasteiger partial charge >= 0.3 is 11.9 Å². The zero-order valence-electron chi connectivity index (χ0n) is 10.3. The van der Waals surface area contributed by atoms with Crippen LogP contribution in [-0.4, -0.2) is 22.2 Å². The predicted molar refractivity (Wildman–Crippen MR) is 74.5 cm³/mol. The van der Waals surface area contributed by atoms with Crippen molar-refractivity contribution in [2.45, 2.75) is 0 Å². The van der Waals surface area contributed by atoms with Crippen LogP contribution in [0.4, 0.5) is 17.1 Å². The summed E-state index contributed by atoms with van der Waals surface area (Å²) in [6, 6.07) is 10.4. The van der Waals surface area contributed by atoms with Gasteiger partial charge in [0.2, 0.25) is 0 Å². The van der Waals surface area contributed by atoms with Gasteiger partial charge in [0.05, 0.1) is 16.8 Å². The van der Waals surface area contributed by atoms with Crippen LogP contribution in [0.25, 0.3) is 0 Å². The van der Waals surface area contributed by atoms with Crippen molar-refractivity contribution < 1.29 is 19.8 Å². The normalized spacial score (nSPS) is 10.0. The number of aromatic carboxylic acids is 2. The van der Waals surface area contributed by atoms with E-state index in [1.54, 1.807) is 24.3 Å². The molecular formula is C14H12N2O4. The maximum Gasteiger partial charge on any atom is 0.337 e. The molecule has 20 heavy (non-hydrogen) atoms. The van der Waals surface area contributed by atoms with E-state index in [2.05, 4.69) is 5.32 Å². The third kappa shape index (κ3) is 2.86. The number of nitrogen functional groups attached to an aromatic ring is 1. The van der Waals surface area contributed by atoms with Gasteiger partial charge in [-0.25, -0.2) is 9.59 Å². The number of carbonyl (C=O) groups is 2. The minimum atomic E-state index is -1.14. The molecule has 102 valence electrons. The van der Waals surface area contributed by atoms with Crippen molar-refractivity contribution in [1.29, 1.82) is 0 Å². The molecule has 0 heterocycles. The van der Waals surface area contributed by atoms with Gasteiger partial charge in [0.25, 0.3) is 0 Å². The molecule has 0 saturated carbocycles. The highest BCUT2D eigenvalue weighted by Gasteiger charge is 2.13. The highest BCUT2D eigenvalue weighted by molar-refractivity contribution is 5.98. The fourth-order valence-corrected chi connectivity index (χ4v) is 1.69. The third-order valence-electron chi connectivity index (χ3n) is 2.69. The molecule has 0 saturated heterocycles. The van der Waals surface area contributed by atoms with E-state index < -0.39 is 11.9 Å². The quantitative estimate of drug-likeness (QED) is 0.636. The molecule has 0 bridgehead atoms. The SMILES string of the molecule is Nc1ccc(Nc2cc(C(=O)O)ccc2C(=O)O)cc1. The molecule has 6 heteroatoms. The van der Waals surface area contributed by atoms with Gasteiger partial charge in [0, 0.05) is 11.4 Å². The summed E-state index contributed by atoms with van der Waals surface area (Å²) in [5, 5.41) is 20.9. The molecule has 0 unspecified atom stereocenters. The Morgan fingerprint density at radius 2 is 1.60 bits per heavy atom. The molecule has 0 amide bonds. The predicted octanol–water partition coefficient (Wildman–Crippen LogP) is 2.41. The molecule has 0 spiro atoms. The Kier molecular flexibility index (Phi) is 3.56. The lowest BCUT2D eigenvalue weighted by molar-refractivity contribution is 0.0682. The average molecular weight is 272 g/mol. The van der Waals surface area contributed by atoms with Gasteiger partial charge in [0.15, 0.2) is 0 Å². The number of benzene rings is 2. The molecule has 0 aliphatic carbocycles. The van der Waals surface area contributed by atoms with E-state index in [4.69, 9.17) is 15.9 Å². The van der Waals surface area contributed by atoms with Crippen LogP contribution in [0.15, 0.2) is 42.5 Å². The molecule has 2 rings (SSSR count). The van der Waals surface area contributed by atoms with E-state index in [9.17, 15) is 9.59 Å². The van der Waals surface area contributed by atoms with Gasteiger partial charge in [-0.3, -0.25) is 0 Å². The Labute approximate surface area is 114 Å². The largest absolute Gasteiger partial charge is 0.478 e. The van der Waals surface area contributed by atoms with Crippen LogP contribution in [0.2, 0.25) is 0 Å². The number of nitrogens with one attached hydrogen (secondary N) is 1. The Bertz CT molecular complexity index is 665. The number of hydrogen-bond donors (Lipinski definition) is 4. The van der Waals surface area contributed by atoms with Crippen molar-refractivity contribution in [1.82, 2.24) is 0 Å². The van der Waals surface area contributed by atoms with Crippen LogP contribution in [0, 0.1) is 0 Å². The lowest BCUT2D eigenvalue weighted by Crippen LogP contribution is -2.05. The Hall–Kier alpha value is -3.02. The molecule has 2 aromatic carbocycles. The van der Waals surface area contributed by atoms with Gasteiger partial charge in [-0.1, -0.05) is 0 Å². The van der Waals surface area contributed by atoms with Crippen molar-refractivity contribution in [3.8, 4) is 0 Å². The van der Waals surface area contributed by atoms with Gasteiger partial charge in [-0.2, -0.15) is 0 Å². The Morgan fingerprint density at radius 1 is 0.950 bits per heavy atom. The van der Waals surface area contributed by atoms with Gasteiger partial charge in [-0.05, 0) is 42.5 Å². The second-order valence-electron chi connectivity index (χ2n) is 4.12. The molecule has 0 aromatic heterocycles. The van der Waals surface area contributed by atoms with E-state index >= 15 is 0 Å². The molecule has 0 atom stereocenters. The first-order valence-corrected chi connectivity index (χ1v) is 5.70. The first-order chi connectivity index (χ1) is 9.47. The van der Waals surface area contributed by atoms with Crippen molar-refractivity contribution in [2.24, 2.45) is 0 Å². The Morgan fingerprint density at radius 3 is 2.15 bits per heavy atom. The fraction of sp³-hybridized carbons (Fsp3) is 0. The standard InChI is InChI=1S/C14H12N2O4/c15-9-2-4-10(5-3-9)16-12-7-8(13(17)18)1-6-11(12)14(19)20/h1-7,16H,15H2,(H,17,18)(H,19,20). The molecule has 2 aromatic rings. The van der Waals surface area contributed by atoms with Crippen LogP contribution in [-0.2, 0) is 0 Å². The highest BCUT2D eigenvalue weighted by atomic mass is 16.4. The first-order valence-electron chi connectivity index (χ1n) is 5.70. The second kappa shape index (κ2) is 5.31. The van der Waals surface area contributed by atoms with E-state index in [0.29, 0.717) is 11.4 Å². The van der Waals surface area contributed by atoms with Crippen molar-refractivity contribution >= 4 is 29.0 Å². The van der Waals surface area contributed by atoms with Crippen molar-refractivity contribution in [3.05, 3.63) is 53.6 Å². The summed E-state index contributed by atoms with van der Waals surface area (Å²) in [5.74, 6) is -2.26. The van der Waals surface area contributed by atoms with Crippen molar-refractivity contribution in [2.75, 3.05) is 11.1 Å². The maximum absolute atomic E-state index is 11.1. The minimum Gasteiger partial charge on any atom is -0.478 e. The average Bonchev–Trinajstić information content (AvgIpc) is 2.41. The lowest BCUT2D eigenvalue weighted by atomic mass is 10.1. The molecule has 5 N–H and O–H groups in total. The second-order valence-corrected chi connectivity index (χ2v) is 4.12. The Balaban J connectivity index is 2.41. The van der Waals surface area contributed by atoms with Gasteiger partial charge in [-0.15, -0.1) is 0 Å². The molecule has 0 fully saturated rings. The topological polar surface area (TPSA) is 113 Å². The molecule has 0 aliphatic heterocycles. The smallest absolute Gasteiger partial charge is 0.337 e. The monoisotopic (exact) mass is 272 g/mol. The van der Waals surface area contributed by atoms with E-state index in [1.165, 1.54) is 18.2 Å². The summed E-state index contributed by atoms with van der Waals surface area (Å²) < 4.78 is 0. The number of carboxylic acid groups (broad SMARTS) is 2. The maximum atomic E-state index is 11.1. The summed E-state index contributed by atoms with van der Waals surface area (Å²) in [6.45, 7) is 0. The summed E-state index contributed by atoms with van der Waals surface area (Å²) in [4.78, 5) is 22.1. The van der Waals surface area contributed by atoms with E-state index in [1.807, 2.05) is 0 Å². The van der Waals surface area contributed by atoms with Gasteiger partial charge < -0.3 is 21.3 Å². The van der Waals surface area contributed by atoms with Crippen molar-refractivity contribution in [3.63, 3.8) is 0 Å². The molecular weight excluding hydrogens is 260 g/mol. The number of anilines is 3. The fourth-order valence-electron chi connectivity index (χ4n) is 1.69. The third-order valence-corrected chi connectivity index (χ3v) is 2.69. The molecule has 0 radical (unpaired) electrons. The minimum absolute atomic E-state index is 0.00736. The summed E-state index contributed by atoms with van der Waals surface area (Å²) >= 11 is 0. The highest BCUT2D eigenvalue weighted by Crippen LogP contribution is 2.23. The zero-order chi connectivity index (χ0) is 14.7. The zero-order valence-corrected chi connectivity index (χ0v) is 10.3. The summed E-state index contributed by atoms with van der Waals surface area (Å²) in [7, 11) is 0. The van der Waals surface area contributed by atoms with Crippen LogP contribution in [0.1, 0.15) is 20.7 Å². The van der Waals surface area contributed by atoms with E-state index in [-0.39, 0.29) is 16.8 Å². The van der Waals surface area contributed by atoms with E-state index in [0.717, 1.165) is 0 Å². The summed E-state index contributed by atoms with van der Waals surface area (Å²) in [6.07, 6.45) is 0. The number of hydrogen-bond acceptors (Lipinski definition) is 4. The van der Waals surface area contributed by atoms with Gasteiger partial charge in [0.1, 0.15) is 0 Å². The van der Waals surface area contributed by atoms with Crippen LogP contribution >= 0.6 is 0 Å². The number of nitrogens with two attached hydrogens (primary N) is 1. The summed E-state index contributed by atoms with van der Waals surface area (Å²) in [5.41, 5.74) is 6.96. The number of rotatable bonds is 4. The van der Waals surface area contributed by atoms with Crippen LogP contribution in [0.5, 0.6) is 0 Å². The van der Waals surface area contributed by atoms with Crippen LogP contribution < -0.4 is 11.1 Å². The first kappa shape index (κ1) is 13.4.